The van der Waals surface area contributed by atoms with Crippen LogP contribution in [0.3, 0.4) is 0 Å². The summed E-state index contributed by atoms with van der Waals surface area (Å²) in [6.45, 7) is 1.98. The summed E-state index contributed by atoms with van der Waals surface area (Å²) in [5.41, 5.74) is 3.70. The van der Waals surface area contributed by atoms with Crippen molar-refractivity contribution >= 4 is 33.3 Å². The van der Waals surface area contributed by atoms with Gasteiger partial charge in [-0.3, -0.25) is 4.79 Å². The van der Waals surface area contributed by atoms with Crippen LogP contribution in [0.25, 0.3) is 21.9 Å². The SMILES string of the molecule is COc1ccc2c(=O)c3c(Nc4ccccc4)cc(C)cc3oc2c1. The molecule has 1 aromatic heterocycles. The number of fused-ring (bicyclic) bond motifs is 2. The summed E-state index contributed by atoms with van der Waals surface area (Å²) in [7, 11) is 1.59. The van der Waals surface area contributed by atoms with Crippen LogP contribution in [0.15, 0.2) is 69.9 Å². The van der Waals surface area contributed by atoms with E-state index in [4.69, 9.17) is 9.15 Å². The fourth-order valence-electron chi connectivity index (χ4n) is 3.00. The van der Waals surface area contributed by atoms with Gasteiger partial charge in [-0.15, -0.1) is 0 Å². The minimum absolute atomic E-state index is 0.0580. The zero-order valence-corrected chi connectivity index (χ0v) is 14.0. The highest BCUT2D eigenvalue weighted by molar-refractivity contribution is 5.98. The molecule has 1 heterocycles. The van der Waals surface area contributed by atoms with Crippen LogP contribution in [-0.2, 0) is 0 Å². The Hall–Kier alpha value is -3.27. The maximum absolute atomic E-state index is 13.1. The molecular weight excluding hydrogens is 314 g/mol. The molecule has 0 spiro atoms. The highest BCUT2D eigenvalue weighted by Crippen LogP contribution is 2.29. The van der Waals surface area contributed by atoms with Crippen molar-refractivity contribution in [1.82, 2.24) is 0 Å². The first-order valence-electron chi connectivity index (χ1n) is 8.03. The van der Waals surface area contributed by atoms with E-state index in [1.807, 2.05) is 49.4 Å². The van der Waals surface area contributed by atoms with E-state index < -0.39 is 0 Å². The number of rotatable bonds is 3. The number of hydrogen-bond acceptors (Lipinski definition) is 4. The number of hydrogen-bond donors (Lipinski definition) is 1. The Morgan fingerprint density at radius 3 is 2.52 bits per heavy atom. The third-order valence-electron chi connectivity index (χ3n) is 4.18. The number of para-hydroxylation sites is 1. The largest absolute Gasteiger partial charge is 0.497 e. The van der Waals surface area contributed by atoms with Crippen molar-refractivity contribution in [2.45, 2.75) is 6.92 Å². The first-order chi connectivity index (χ1) is 12.2. The Morgan fingerprint density at radius 1 is 0.960 bits per heavy atom. The fraction of sp³-hybridized carbons (Fsp3) is 0.0952. The third-order valence-corrected chi connectivity index (χ3v) is 4.18. The van der Waals surface area contributed by atoms with Crippen molar-refractivity contribution < 1.29 is 9.15 Å². The summed E-state index contributed by atoms with van der Waals surface area (Å²) in [4.78, 5) is 13.1. The van der Waals surface area contributed by atoms with Gasteiger partial charge in [0.15, 0.2) is 0 Å². The fourth-order valence-corrected chi connectivity index (χ4v) is 3.00. The maximum atomic E-state index is 13.1. The summed E-state index contributed by atoms with van der Waals surface area (Å²) in [5.74, 6) is 0.658. The first-order valence-corrected chi connectivity index (χ1v) is 8.03. The van der Waals surface area contributed by atoms with E-state index in [1.54, 1.807) is 25.3 Å². The molecule has 124 valence electrons. The predicted molar refractivity (Wildman–Crippen MR) is 101 cm³/mol. The smallest absolute Gasteiger partial charge is 0.202 e. The van der Waals surface area contributed by atoms with Gasteiger partial charge in [-0.05, 0) is 48.9 Å². The van der Waals surface area contributed by atoms with E-state index in [9.17, 15) is 4.79 Å². The van der Waals surface area contributed by atoms with Crippen LogP contribution in [0, 0.1) is 6.92 Å². The van der Waals surface area contributed by atoms with Crippen LogP contribution in [0.1, 0.15) is 5.56 Å². The van der Waals surface area contributed by atoms with E-state index >= 15 is 0 Å². The van der Waals surface area contributed by atoms with Crippen molar-refractivity contribution in [1.29, 1.82) is 0 Å². The molecule has 0 radical (unpaired) electrons. The van der Waals surface area contributed by atoms with E-state index in [1.165, 1.54) is 0 Å². The van der Waals surface area contributed by atoms with Crippen molar-refractivity contribution in [3.63, 3.8) is 0 Å². The second kappa shape index (κ2) is 5.98. The number of nitrogens with one attached hydrogen (secondary N) is 1. The highest BCUT2D eigenvalue weighted by Gasteiger charge is 2.13. The van der Waals surface area contributed by atoms with Crippen LogP contribution in [-0.4, -0.2) is 7.11 Å². The van der Waals surface area contributed by atoms with Gasteiger partial charge in [0, 0.05) is 11.8 Å². The van der Waals surface area contributed by atoms with Gasteiger partial charge in [-0.1, -0.05) is 18.2 Å². The number of ether oxygens (including phenoxy) is 1. The molecule has 3 aromatic carbocycles. The third kappa shape index (κ3) is 2.72. The molecule has 0 aliphatic carbocycles. The molecule has 0 atom stereocenters. The van der Waals surface area contributed by atoms with Gasteiger partial charge >= 0.3 is 0 Å². The molecule has 0 saturated carbocycles. The number of aryl methyl sites for hydroxylation is 1. The van der Waals surface area contributed by atoms with Gasteiger partial charge in [0.1, 0.15) is 16.9 Å². The Labute approximate surface area is 144 Å². The molecule has 25 heavy (non-hydrogen) atoms. The quantitative estimate of drug-likeness (QED) is 0.536. The Balaban J connectivity index is 2.00. The predicted octanol–water partition coefficient (Wildman–Crippen LogP) is 5.01. The molecule has 4 nitrogen and oxygen atoms in total. The van der Waals surface area contributed by atoms with E-state index in [0.29, 0.717) is 27.7 Å². The summed E-state index contributed by atoms with van der Waals surface area (Å²) in [6.07, 6.45) is 0. The van der Waals surface area contributed by atoms with E-state index in [-0.39, 0.29) is 5.43 Å². The van der Waals surface area contributed by atoms with Crippen LogP contribution in [0.2, 0.25) is 0 Å². The Bertz CT molecular complexity index is 1130. The molecule has 0 bridgehead atoms. The second-order valence-electron chi connectivity index (χ2n) is 5.97. The monoisotopic (exact) mass is 331 g/mol. The molecule has 0 aliphatic heterocycles. The van der Waals surface area contributed by atoms with Gasteiger partial charge in [0.2, 0.25) is 5.43 Å². The van der Waals surface area contributed by atoms with Gasteiger partial charge in [0.05, 0.1) is 23.6 Å². The topological polar surface area (TPSA) is 51.5 Å². The summed E-state index contributed by atoms with van der Waals surface area (Å²) in [6, 6.07) is 18.9. The second-order valence-corrected chi connectivity index (χ2v) is 5.97. The summed E-state index contributed by atoms with van der Waals surface area (Å²) >= 11 is 0. The van der Waals surface area contributed by atoms with Crippen molar-refractivity contribution in [3.8, 4) is 5.75 Å². The molecular formula is C21H17NO3. The Morgan fingerprint density at radius 2 is 1.76 bits per heavy atom. The molecule has 0 aliphatic rings. The van der Waals surface area contributed by atoms with Crippen molar-refractivity contribution in [2.24, 2.45) is 0 Å². The summed E-state index contributed by atoms with van der Waals surface area (Å²) < 4.78 is 11.2. The lowest BCUT2D eigenvalue weighted by Crippen LogP contribution is -2.06. The zero-order chi connectivity index (χ0) is 17.4. The molecule has 1 N–H and O–H groups in total. The van der Waals surface area contributed by atoms with Crippen LogP contribution in [0.5, 0.6) is 5.75 Å². The summed E-state index contributed by atoms with van der Waals surface area (Å²) in [5, 5.41) is 4.41. The molecule has 0 amide bonds. The number of benzene rings is 3. The number of methoxy groups -OCH3 is 1. The minimum Gasteiger partial charge on any atom is -0.497 e. The standard InChI is InChI=1S/C21H17NO3/c1-13-10-17(22-14-6-4-3-5-7-14)20-19(11-13)25-18-12-15(24-2)8-9-16(18)21(20)23/h3-12,22H,1-2H3. The van der Waals surface area contributed by atoms with Crippen molar-refractivity contribution in [3.05, 3.63) is 76.5 Å². The van der Waals surface area contributed by atoms with Crippen molar-refractivity contribution in [2.75, 3.05) is 12.4 Å². The van der Waals surface area contributed by atoms with Crippen LogP contribution in [0.4, 0.5) is 11.4 Å². The van der Waals surface area contributed by atoms with E-state index in [2.05, 4.69) is 5.32 Å². The van der Waals surface area contributed by atoms with E-state index in [0.717, 1.165) is 16.9 Å². The molecule has 0 unspecified atom stereocenters. The maximum Gasteiger partial charge on any atom is 0.202 e. The lowest BCUT2D eigenvalue weighted by Gasteiger charge is -2.11. The van der Waals surface area contributed by atoms with Gasteiger partial charge in [-0.25, -0.2) is 0 Å². The zero-order valence-electron chi connectivity index (χ0n) is 14.0. The Kier molecular flexibility index (Phi) is 3.65. The van der Waals surface area contributed by atoms with Crippen LogP contribution >= 0.6 is 0 Å². The molecule has 0 saturated heterocycles. The molecule has 0 fully saturated rings. The van der Waals surface area contributed by atoms with Gasteiger partial charge in [0.25, 0.3) is 0 Å². The molecule has 4 aromatic rings. The normalized spacial score (nSPS) is 11.0. The molecule has 4 rings (SSSR count). The highest BCUT2D eigenvalue weighted by atomic mass is 16.5. The lowest BCUT2D eigenvalue weighted by molar-refractivity contribution is 0.414. The number of anilines is 2. The molecule has 4 heteroatoms. The average molecular weight is 331 g/mol. The van der Waals surface area contributed by atoms with Gasteiger partial charge < -0.3 is 14.5 Å². The first kappa shape index (κ1) is 15.3. The van der Waals surface area contributed by atoms with Crippen LogP contribution < -0.4 is 15.5 Å². The lowest BCUT2D eigenvalue weighted by atomic mass is 10.1. The van der Waals surface area contributed by atoms with Gasteiger partial charge in [-0.2, -0.15) is 0 Å². The minimum atomic E-state index is -0.0580. The average Bonchev–Trinajstić information content (AvgIpc) is 2.61.